The van der Waals surface area contributed by atoms with Crippen molar-refractivity contribution in [2.45, 2.75) is 13.3 Å². The Bertz CT molecular complexity index is 238. The zero-order valence-electron chi connectivity index (χ0n) is 11.1. The standard InChI is InChI=1S/C6H14O3.C3H5NO.C3H4O2/c1-2-6(3-7,4-8)5-9;2*1-2-3(4)5/h7-9H,2-5H2,1H3;2H,1H2,(H2,4,5);2H,1H2,(H,4,5). The molecule has 0 rings (SSSR count). The topological polar surface area (TPSA) is 141 Å². The number of carboxylic acid groups (broad SMARTS) is 1. The van der Waals surface area contributed by atoms with Crippen LogP contribution in [0, 0.1) is 5.41 Å². The molecule has 19 heavy (non-hydrogen) atoms. The zero-order valence-corrected chi connectivity index (χ0v) is 11.1. The van der Waals surface area contributed by atoms with Crippen LogP contribution in [0.3, 0.4) is 0 Å². The molecule has 0 aromatic carbocycles. The molecule has 0 aliphatic rings. The fraction of sp³-hybridized carbons (Fsp3) is 0.500. The van der Waals surface area contributed by atoms with Crippen LogP contribution in [0.5, 0.6) is 0 Å². The molecule has 0 aromatic rings. The first-order valence-corrected chi connectivity index (χ1v) is 5.38. The molecule has 0 bridgehead atoms. The van der Waals surface area contributed by atoms with Gasteiger partial charge in [0.15, 0.2) is 0 Å². The highest BCUT2D eigenvalue weighted by Gasteiger charge is 2.24. The highest BCUT2D eigenvalue weighted by Crippen LogP contribution is 2.18. The minimum atomic E-state index is -0.981. The molecule has 7 nitrogen and oxygen atoms in total. The van der Waals surface area contributed by atoms with E-state index in [1.807, 2.05) is 6.92 Å². The molecule has 7 heteroatoms. The Morgan fingerprint density at radius 3 is 1.37 bits per heavy atom. The Labute approximate surface area is 112 Å². The number of aliphatic hydroxyl groups excluding tert-OH is 3. The highest BCUT2D eigenvalue weighted by atomic mass is 16.4. The molecule has 1 amide bonds. The smallest absolute Gasteiger partial charge is 0.327 e. The summed E-state index contributed by atoms with van der Waals surface area (Å²) in [6.07, 6.45) is 2.48. The summed E-state index contributed by atoms with van der Waals surface area (Å²) in [4.78, 5) is 18.7. The van der Waals surface area contributed by atoms with Crippen LogP contribution >= 0.6 is 0 Å². The van der Waals surface area contributed by atoms with Gasteiger partial charge in [-0.1, -0.05) is 20.1 Å². The maximum atomic E-state index is 9.47. The third kappa shape index (κ3) is 16.3. The van der Waals surface area contributed by atoms with E-state index < -0.39 is 17.3 Å². The van der Waals surface area contributed by atoms with Crippen molar-refractivity contribution in [3.05, 3.63) is 25.3 Å². The van der Waals surface area contributed by atoms with Gasteiger partial charge in [-0.25, -0.2) is 4.79 Å². The minimum absolute atomic E-state index is 0.156. The molecule has 0 heterocycles. The van der Waals surface area contributed by atoms with Gasteiger partial charge in [0.25, 0.3) is 0 Å². The zero-order chi connectivity index (χ0) is 15.9. The lowest BCUT2D eigenvalue weighted by molar-refractivity contribution is -0.131. The molecule has 112 valence electrons. The van der Waals surface area contributed by atoms with E-state index in [-0.39, 0.29) is 19.8 Å². The number of carboxylic acids is 1. The summed E-state index contributed by atoms with van der Waals surface area (Å²) < 4.78 is 0. The molecule has 0 atom stereocenters. The van der Waals surface area contributed by atoms with E-state index in [2.05, 4.69) is 18.9 Å². The van der Waals surface area contributed by atoms with Crippen LogP contribution in [0.4, 0.5) is 0 Å². The Kier molecular flexibility index (Phi) is 17.0. The van der Waals surface area contributed by atoms with Gasteiger partial charge in [0.1, 0.15) is 0 Å². The third-order valence-electron chi connectivity index (χ3n) is 2.13. The first kappa shape index (κ1) is 22.5. The number of rotatable bonds is 6. The largest absolute Gasteiger partial charge is 0.478 e. The minimum Gasteiger partial charge on any atom is -0.478 e. The van der Waals surface area contributed by atoms with Gasteiger partial charge in [-0.15, -0.1) is 0 Å². The first-order chi connectivity index (χ1) is 8.78. The second kappa shape index (κ2) is 14.4. The van der Waals surface area contributed by atoms with Crippen molar-refractivity contribution in [1.82, 2.24) is 0 Å². The van der Waals surface area contributed by atoms with Crippen LogP contribution in [0.15, 0.2) is 25.3 Å². The van der Waals surface area contributed by atoms with E-state index in [4.69, 9.17) is 20.4 Å². The lowest BCUT2D eigenvalue weighted by atomic mass is 9.88. The predicted molar refractivity (Wildman–Crippen MR) is 71.2 cm³/mol. The monoisotopic (exact) mass is 277 g/mol. The fourth-order valence-electron chi connectivity index (χ4n) is 0.485. The lowest BCUT2D eigenvalue weighted by Gasteiger charge is -2.24. The van der Waals surface area contributed by atoms with Crippen LogP contribution in [-0.2, 0) is 9.59 Å². The number of carbonyl (C=O) groups excluding carboxylic acids is 1. The van der Waals surface area contributed by atoms with Crippen molar-refractivity contribution < 1.29 is 30.0 Å². The van der Waals surface area contributed by atoms with Gasteiger partial charge in [0.2, 0.25) is 5.91 Å². The molecule has 0 aromatic heterocycles. The summed E-state index contributed by atoms with van der Waals surface area (Å²) in [7, 11) is 0. The van der Waals surface area contributed by atoms with Crippen LogP contribution in [0.25, 0.3) is 0 Å². The number of aliphatic hydroxyl groups is 3. The number of hydrogen-bond donors (Lipinski definition) is 5. The summed E-state index contributed by atoms with van der Waals surface area (Å²) in [5.74, 6) is -1.46. The summed E-state index contributed by atoms with van der Waals surface area (Å²) in [6.45, 7) is 7.40. The van der Waals surface area contributed by atoms with Crippen LogP contribution in [0.2, 0.25) is 0 Å². The van der Waals surface area contributed by atoms with Crippen molar-refractivity contribution in [3.63, 3.8) is 0 Å². The molecule has 0 spiro atoms. The van der Waals surface area contributed by atoms with E-state index in [0.717, 1.165) is 12.2 Å². The number of amides is 1. The van der Waals surface area contributed by atoms with Crippen molar-refractivity contribution in [2.75, 3.05) is 19.8 Å². The van der Waals surface area contributed by atoms with Crippen molar-refractivity contribution in [3.8, 4) is 0 Å². The number of carbonyl (C=O) groups is 2. The van der Waals surface area contributed by atoms with E-state index in [0.29, 0.717) is 6.42 Å². The molecule has 6 N–H and O–H groups in total. The molecule has 0 saturated carbocycles. The Balaban J connectivity index is -0.000000219. The normalized spacial score (nSPS) is 9.05. The number of nitrogens with two attached hydrogens (primary N) is 1. The summed E-state index contributed by atoms with van der Waals surface area (Å²) in [5, 5.41) is 33.6. The molecule has 0 aliphatic carbocycles. The second-order valence-corrected chi connectivity index (χ2v) is 3.48. The quantitative estimate of drug-likeness (QED) is 0.405. The van der Waals surface area contributed by atoms with Gasteiger partial charge < -0.3 is 26.2 Å². The number of aliphatic carboxylic acids is 1. The van der Waals surface area contributed by atoms with Gasteiger partial charge in [0, 0.05) is 11.5 Å². The van der Waals surface area contributed by atoms with Gasteiger partial charge in [-0.05, 0) is 12.5 Å². The van der Waals surface area contributed by atoms with Crippen molar-refractivity contribution >= 4 is 11.9 Å². The Morgan fingerprint density at radius 1 is 1.11 bits per heavy atom. The number of hydrogen-bond acceptors (Lipinski definition) is 5. The van der Waals surface area contributed by atoms with E-state index >= 15 is 0 Å². The summed E-state index contributed by atoms with van der Waals surface area (Å²) >= 11 is 0. The lowest BCUT2D eigenvalue weighted by Crippen LogP contribution is -2.32. The molecular formula is C12H23NO6. The van der Waals surface area contributed by atoms with E-state index in [1.165, 1.54) is 0 Å². The molecule has 0 radical (unpaired) electrons. The summed E-state index contributed by atoms with van der Waals surface area (Å²) in [6, 6.07) is 0. The van der Waals surface area contributed by atoms with E-state index in [9.17, 15) is 9.59 Å². The highest BCUT2D eigenvalue weighted by molar-refractivity contribution is 5.84. The van der Waals surface area contributed by atoms with Crippen LogP contribution in [0.1, 0.15) is 13.3 Å². The molecule has 0 unspecified atom stereocenters. The predicted octanol–water partition coefficient (Wildman–Crippen LogP) is -0.726. The molecular weight excluding hydrogens is 254 g/mol. The first-order valence-electron chi connectivity index (χ1n) is 5.38. The average Bonchev–Trinajstić information content (AvgIpc) is 2.43. The van der Waals surface area contributed by atoms with Gasteiger partial charge in [-0.2, -0.15) is 0 Å². The van der Waals surface area contributed by atoms with Crippen molar-refractivity contribution in [1.29, 1.82) is 0 Å². The Morgan fingerprint density at radius 2 is 1.37 bits per heavy atom. The van der Waals surface area contributed by atoms with Gasteiger partial charge >= 0.3 is 5.97 Å². The average molecular weight is 277 g/mol. The maximum absolute atomic E-state index is 9.47. The molecule has 0 fully saturated rings. The van der Waals surface area contributed by atoms with Crippen LogP contribution in [-0.4, -0.2) is 52.1 Å². The van der Waals surface area contributed by atoms with Crippen LogP contribution < -0.4 is 5.73 Å². The third-order valence-corrected chi connectivity index (χ3v) is 2.13. The second-order valence-electron chi connectivity index (χ2n) is 3.48. The maximum Gasteiger partial charge on any atom is 0.327 e. The molecule has 0 saturated heterocycles. The Hall–Kier alpha value is -1.70. The summed E-state index contributed by atoms with van der Waals surface area (Å²) in [5.41, 5.74) is 3.87. The van der Waals surface area contributed by atoms with Gasteiger partial charge in [-0.3, -0.25) is 4.79 Å². The SMILES string of the molecule is C=CC(=O)O.C=CC(N)=O.CCC(CO)(CO)CO. The molecule has 0 aliphatic heterocycles. The van der Waals surface area contributed by atoms with Gasteiger partial charge in [0.05, 0.1) is 19.8 Å². The van der Waals surface area contributed by atoms with E-state index in [1.54, 1.807) is 0 Å². The number of primary amides is 1. The fourth-order valence-corrected chi connectivity index (χ4v) is 0.485. The van der Waals surface area contributed by atoms with Crippen molar-refractivity contribution in [2.24, 2.45) is 11.1 Å².